The van der Waals surface area contributed by atoms with Crippen molar-refractivity contribution in [1.82, 2.24) is 9.29 Å². The molecule has 0 aliphatic carbocycles. The molecule has 1 aromatic rings. The fourth-order valence-electron chi connectivity index (χ4n) is 1.49. The molecule has 1 saturated heterocycles. The van der Waals surface area contributed by atoms with Crippen molar-refractivity contribution in [2.45, 2.75) is 17.2 Å². The zero-order valence-electron chi connectivity index (χ0n) is 9.79. The number of anilines is 1. The van der Waals surface area contributed by atoms with E-state index in [2.05, 4.69) is 34.9 Å². The third-order valence-corrected chi connectivity index (χ3v) is 4.58. The molecule has 2 heterocycles. The van der Waals surface area contributed by atoms with Crippen molar-refractivity contribution in [3.05, 3.63) is 18.3 Å². The topological polar surface area (TPSA) is 62.3 Å². The van der Waals surface area contributed by atoms with Gasteiger partial charge in [0.2, 0.25) is 0 Å². The summed E-state index contributed by atoms with van der Waals surface area (Å²) in [6, 6.07) is 5.78. The van der Waals surface area contributed by atoms with Gasteiger partial charge in [-0.1, -0.05) is 5.92 Å². The largest absolute Gasteiger partial charge is 0.313 e. The van der Waals surface area contributed by atoms with Crippen LogP contribution in [0, 0.1) is 12.0 Å². The summed E-state index contributed by atoms with van der Waals surface area (Å²) in [5, 5.41) is 2.97. The minimum absolute atomic E-state index is 0.0535. The molecule has 18 heavy (non-hydrogen) atoms. The van der Waals surface area contributed by atoms with Crippen LogP contribution in [0.4, 0.5) is 5.69 Å². The van der Waals surface area contributed by atoms with Gasteiger partial charge in [-0.3, -0.25) is 0 Å². The molecular weight excluding hydrogens is 270 g/mol. The Bertz CT molecular complexity index is 581. The monoisotopic (exact) mass is 283 g/mol. The zero-order valence-corrected chi connectivity index (χ0v) is 11.5. The van der Waals surface area contributed by atoms with Crippen LogP contribution in [0.25, 0.3) is 0 Å². The molecule has 1 aromatic heterocycles. The maximum atomic E-state index is 12.1. The van der Waals surface area contributed by atoms with Gasteiger partial charge < -0.3 is 5.32 Å². The predicted octanol–water partition coefficient (Wildman–Crippen LogP) is 0.777. The number of rotatable bonds is 3. The van der Waals surface area contributed by atoms with Crippen LogP contribution < -0.4 is 5.32 Å². The molecule has 0 unspecified atom stereocenters. The van der Waals surface area contributed by atoms with E-state index < -0.39 is 10.0 Å². The first-order chi connectivity index (χ1) is 8.54. The van der Waals surface area contributed by atoms with Gasteiger partial charge >= 0.3 is 0 Å². The van der Waals surface area contributed by atoms with Crippen molar-refractivity contribution >= 4 is 28.3 Å². The molecule has 2 rings (SSSR count). The molecular formula is C11H13N3O2S2. The normalized spacial score (nSPS) is 16.6. The van der Waals surface area contributed by atoms with E-state index in [1.165, 1.54) is 16.6 Å². The molecule has 0 spiro atoms. The molecule has 96 valence electrons. The number of thiol groups is 1. The Hall–Kier alpha value is -1.23. The maximum Gasteiger partial charge on any atom is 0.260 e. The highest BCUT2D eigenvalue weighted by molar-refractivity contribution is 7.89. The van der Waals surface area contributed by atoms with Gasteiger partial charge in [0.25, 0.3) is 10.0 Å². The van der Waals surface area contributed by atoms with Crippen molar-refractivity contribution in [1.29, 1.82) is 0 Å². The van der Waals surface area contributed by atoms with Gasteiger partial charge in [0.05, 0.1) is 11.9 Å². The maximum absolute atomic E-state index is 12.1. The second kappa shape index (κ2) is 5.18. The fraction of sp³-hybridized carbons (Fsp3) is 0.364. The van der Waals surface area contributed by atoms with E-state index in [0.29, 0.717) is 18.8 Å². The van der Waals surface area contributed by atoms with Crippen molar-refractivity contribution in [3.8, 4) is 12.0 Å². The zero-order chi connectivity index (χ0) is 13.2. The number of hydrogen-bond acceptors (Lipinski definition) is 5. The van der Waals surface area contributed by atoms with Gasteiger partial charge in [-0.25, -0.2) is 13.4 Å². The number of aromatic nitrogens is 1. The Kier molecular flexibility index (Phi) is 3.80. The number of pyridine rings is 1. The SMILES string of the molecule is CC#CNc1ccc(S(=O)(=O)N2CC(S)C2)nc1. The average molecular weight is 283 g/mol. The minimum atomic E-state index is -3.46. The number of sulfonamides is 1. The molecule has 0 aromatic carbocycles. The summed E-state index contributed by atoms with van der Waals surface area (Å²) in [6.45, 7) is 2.58. The van der Waals surface area contributed by atoms with Crippen molar-refractivity contribution in [2.75, 3.05) is 18.4 Å². The Morgan fingerprint density at radius 1 is 1.50 bits per heavy atom. The smallest absolute Gasteiger partial charge is 0.260 e. The summed E-state index contributed by atoms with van der Waals surface area (Å²) in [4.78, 5) is 3.95. The van der Waals surface area contributed by atoms with Crippen molar-refractivity contribution < 1.29 is 8.42 Å². The van der Waals surface area contributed by atoms with E-state index in [0.717, 1.165) is 0 Å². The highest BCUT2D eigenvalue weighted by Gasteiger charge is 2.35. The summed E-state index contributed by atoms with van der Waals surface area (Å²) < 4.78 is 25.5. The first kappa shape index (κ1) is 13.2. The third-order valence-electron chi connectivity index (χ3n) is 2.50. The molecule has 0 radical (unpaired) electrons. The molecule has 7 heteroatoms. The molecule has 1 aliphatic heterocycles. The first-order valence-electron chi connectivity index (χ1n) is 5.36. The van der Waals surface area contributed by atoms with Crippen LogP contribution in [0.1, 0.15) is 6.92 Å². The van der Waals surface area contributed by atoms with Gasteiger partial charge in [0.15, 0.2) is 5.03 Å². The van der Waals surface area contributed by atoms with Crippen LogP contribution in [0.2, 0.25) is 0 Å². The molecule has 0 bridgehead atoms. The van der Waals surface area contributed by atoms with Crippen molar-refractivity contribution in [2.24, 2.45) is 0 Å². The second-order valence-electron chi connectivity index (χ2n) is 3.86. The molecule has 1 aliphatic rings. The van der Waals surface area contributed by atoms with Crippen LogP contribution in [0.15, 0.2) is 23.4 Å². The summed E-state index contributed by atoms with van der Waals surface area (Å²) in [7, 11) is -3.46. The van der Waals surface area contributed by atoms with E-state index in [1.54, 1.807) is 13.0 Å². The highest BCUT2D eigenvalue weighted by atomic mass is 32.2. The Morgan fingerprint density at radius 2 is 2.22 bits per heavy atom. The molecule has 1 N–H and O–H groups in total. The number of nitrogens with zero attached hydrogens (tertiary/aromatic N) is 2. The standard InChI is InChI=1S/C11H13N3O2S2/c1-2-5-12-9-3-4-11(13-6-9)18(15,16)14-7-10(17)8-14/h3-4,6,10,12,17H,7-8H2,1H3. The van der Waals surface area contributed by atoms with Crippen LogP contribution in [0.3, 0.4) is 0 Å². The van der Waals surface area contributed by atoms with Gasteiger partial charge in [-0.15, -0.1) is 0 Å². The average Bonchev–Trinajstić information content (AvgIpc) is 2.33. The van der Waals surface area contributed by atoms with E-state index in [1.807, 2.05) is 0 Å². The predicted molar refractivity (Wildman–Crippen MR) is 72.8 cm³/mol. The Morgan fingerprint density at radius 3 is 2.72 bits per heavy atom. The summed E-state index contributed by atoms with van der Waals surface area (Å²) >= 11 is 4.19. The molecule has 0 saturated carbocycles. The fourth-order valence-corrected chi connectivity index (χ4v) is 3.54. The van der Waals surface area contributed by atoms with Crippen LogP contribution in [0.5, 0.6) is 0 Å². The third kappa shape index (κ3) is 2.61. The first-order valence-corrected chi connectivity index (χ1v) is 7.31. The van der Waals surface area contributed by atoms with E-state index >= 15 is 0 Å². The minimum Gasteiger partial charge on any atom is -0.313 e. The summed E-state index contributed by atoms with van der Waals surface area (Å²) in [6.07, 6.45) is 1.45. The molecule has 5 nitrogen and oxygen atoms in total. The summed E-state index contributed by atoms with van der Waals surface area (Å²) in [5.41, 5.74) is 0.666. The van der Waals surface area contributed by atoms with Crippen LogP contribution >= 0.6 is 12.6 Å². The highest BCUT2D eigenvalue weighted by Crippen LogP contribution is 2.23. The number of nitrogens with one attached hydrogen (secondary N) is 1. The van der Waals surface area contributed by atoms with Gasteiger partial charge in [-0.2, -0.15) is 16.9 Å². The van der Waals surface area contributed by atoms with Gasteiger partial charge in [-0.05, 0) is 19.1 Å². The van der Waals surface area contributed by atoms with E-state index in [9.17, 15) is 8.42 Å². The van der Waals surface area contributed by atoms with Crippen LogP contribution in [-0.2, 0) is 10.0 Å². The lowest BCUT2D eigenvalue weighted by Crippen LogP contribution is -2.50. The molecule has 1 fully saturated rings. The Balaban J connectivity index is 2.15. The van der Waals surface area contributed by atoms with Crippen LogP contribution in [-0.4, -0.2) is 36.0 Å². The number of hydrogen-bond donors (Lipinski definition) is 2. The van der Waals surface area contributed by atoms with Crippen molar-refractivity contribution in [3.63, 3.8) is 0 Å². The second-order valence-corrected chi connectivity index (χ2v) is 6.48. The lowest BCUT2D eigenvalue weighted by atomic mass is 10.3. The quantitative estimate of drug-likeness (QED) is 0.489. The lowest BCUT2D eigenvalue weighted by molar-refractivity contribution is 0.320. The molecule has 0 atom stereocenters. The summed E-state index contributed by atoms with van der Waals surface area (Å²) in [5.74, 6) is 2.68. The van der Waals surface area contributed by atoms with Gasteiger partial charge in [0.1, 0.15) is 0 Å². The molecule has 0 amide bonds. The van der Waals surface area contributed by atoms with Gasteiger partial charge in [0, 0.05) is 24.4 Å². The Labute approximate surface area is 112 Å². The lowest BCUT2D eigenvalue weighted by Gasteiger charge is -2.34. The van der Waals surface area contributed by atoms with E-state index in [-0.39, 0.29) is 10.3 Å². The van der Waals surface area contributed by atoms with E-state index in [4.69, 9.17) is 0 Å².